The van der Waals surface area contributed by atoms with E-state index in [-0.39, 0.29) is 17.5 Å². The molecule has 0 bridgehead atoms. The van der Waals surface area contributed by atoms with Crippen LogP contribution >= 0.6 is 0 Å². The van der Waals surface area contributed by atoms with Crippen LogP contribution in [0.25, 0.3) is 0 Å². The Bertz CT molecular complexity index is 1270. The van der Waals surface area contributed by atoms with Gasteiger partial charge < -0.3 is 20.1 Å². The molecule has 180 valence electrons. The summed E-state index contributed by atoms with van der Waals surface area (Å²) >= 11 is 0. The molecule has 0 saturated heterocycles. The van der Waals surface area contributed by atoms with Gasteiger partial charge in [-0.25, -0.2) is 0 Å². The lowest BCUT2D eigenvalue weighted by Gasteiger charge is -2.30. The number of hydrogen-bond donors (Lipinski definition) is 2. The molecule has 5 nitrogen and oxygen atoms in total. The van der Waals surface area contributed by atoms with E-state index in [1.54, 1.807) is 19.2 Å². The van der Waals surface area contributed by atoms with Gasteiger partial charge in [0.1, 0.15) is 11.5 Å². The molecule has 2 aliphatic rings. The zero-order chi connectivity index (χ0) is 24.6. The number of carbonyl (C=O) groups is 1. The van der Waals surface area contributed by atoms with Crippen molar-refractivity contribution in [3.8, 4) is 11.5 Å². The average Bonchev–Trinajstić information content (AvgIpc) is 3.00. The van der Waals surface area contributed by atoms with Crippen LogP contribution in [0.2, 0.25) is 0 Å². The maximum atomic E-state index is 13.5. The average molecular weight is 480 g/mol. The third-order valence-corrected chi connectivity index (χ3v) is 6.34. The van der Waals surface area contributed by atoms with Crippen LogP contribution in [0.4, 0.5) is 24.5 Å². The van der Waals surface area contributed by atoms with Gasteiger partial charge in [-0.2, -0.15) is 0 Å². The van der Waals surface area contributed by atoms with Gasteiger partial charge in [0.15, 0.2) is 5.78 Å². The molecular formula is C27H23F3N2O3. The molecule has 1 heterocycles. The Balaban J connectivity index is 1.52. The molecule has 0 fully saturated rings. The van der Waals surface area contributed by atoms with Crippen LogP contribution in [0.15, 0.2) is 84.1 Å². The normalized spacial score (nSPS) is 19.6. The van der Waals surface area contributed by atoms with Crippen LogP contribution in [0, 0.1) is 0 Å². The van der Waals surface area contributed by atoms with Crippen LogP contribution in [0.3, 0.4) is 0 Å². The van der Waals surface area contributed by atoms with Crippen molar-refractivity contribution in [2.24, 2.45) is 0 Å². The second-order valence-electron chi connectivity index (χ2n) is 8.56. The first-order valence-corrected chi connectivity index (χ1v) is 11.2. The zero-order valence-electron chi connectivity index (χ0n) is 18.9. The summed E-state index contributed by atoms with van der Waals surface area (Å²) in [6, 6.07) is 20.5. The highest BCUT2D eigenvalue weighted by molar-refractivity contribution is 6.01. The van der Waals surface area contributed by atoms with Crippen molar-refractivity contribution in [2.75, 3.05) is 17.7 Å². The molecule has 3 aromatic rings. The summed E-state index contributed by atoms with van der Waals surface area (Å²) in [4.78, 5) is 13.5. The molecule has 1 aliphatic carbocycles. The van der Waals surface area contributed by atoms with Crippen molar-refractivity contribution < 1.29 is 27.4 Å². The number of Topliss-reactive ketones (excluding diaryl/α,β-unsaturated/α-hetero) is 1. The highest BCUT2D eigenvalue weighted by atomic mass is 19.4. The monoisotopic (exact) mass is 480 g/mol. The lowest BCUT2D eigenvalue weighted by atomic mass is 9.78. The van der Waals surface area contributed by atoms with E-state index in [1.165, 1.54) is 12.1 Å². The molecule has 0 spiro atoms. The van der Waals surface area contributed by atoms with Gasteiger partial charge in [-0.15, -0.1) is 13.2 Å². The first-order valence-electron chi connectivity index (χ1n) is 11.2. The third kappa shape index (κ3) is 4.82. The summed E-state index contributed by atoms with van der Waals surface area (Å²) in [6.45, 7) is 0. The number of ketones is 1. The second kappa shape index (κ2) is 9.02. The van der Waals surface area contributed by atoms with Crippen LogP contribution in [0.1, 0.15) is 35.9 Å². The Morgan fingerprint density at radius 2 is 1.46 bits per heavy atom. The number of para-hydroxylation sites is 2. The second-order valence-corrected chi connectivity index (χ2v) is 8.56. The molecule has 2 N–H and O–H groups in total. The molecule has 5 rings (SSSR count). The topological polar surface area (TPSA) is 59.6 Å². The molecular weight excluding hydrogens is 457 g/mol. The number of fused-ring (bicyclic) bond motifs is 1. The molecule has 8 heteroatoms. The summed E-state index contributed by atoms with van der Waals surface area (Å²) in [7, 11) is 1.61. The van der Waals surface area contributed by atoms with Crippen molar-refractivity contribution >= 4 is 17.2 Å². The summed E-state index contributed by atoms with van der Waals surface area (Å²) in [5.74, 6) is 0.422. The summed E-state index contributed by atoms with van der Waals surface area (Å²) in [5.41, 5.74) is 4.75. The minimum Gasteiger partial charge on any atom is -0.497 e. The van der Waals surface area contributed by atoms with E-state index < -0.39 is 12.4 Å². The molecule has 1 aliphatic heterocycles. The number of rotatable bonds is 4. The van der Waals surface area contributed by atoms with Crippen molar-refractivity contribution in [2.45, 2.75) is 31.2 Å². The van der Waals surface area contributed by atoms with Crippen LogP contribution in [-0.4, -0.2) is 19.3 Å². The number of benzene rings is 3. The third-order valence-electron chi connectivity index (χ3n) is 6.34. The van der Waals surface area contributed by atoms with Gasteiger partial charge in [0.2, 0.25) is 0 Å². The van der Waals surface area contributed by atoms with Gasteiger partial charge in [-0.3, -0.25) is 4.79 Å². The largest absolute Gasteiger partial charge is 0.573 e. The number of ether oxygens (including phenoxy) is 2. The number of methoxy groups -OCH3 is 1. The smallest absolute Gasteiger partial charge is 0.497 e. The van der Waals surface area contributed by atoms with E-state index in [2.05, 4.69) is 15.4 Å². The van der Waals surface area contributed by atoms with Gasteiger partial charge in [-0.1, -0.05) is 36.4 Å². The predicted molar refractivity (Wildman–Crippen MR) is 127 cm³/mol. The first kappa shape index (κ1) is 22.8. The van der Waals surface area contributed by atoms with Gasteiger partial charge in [-0.05, 0) is 59.9 Å². The summed E-state index contributed by atoms with van der Waals surface area (Å²) in [6.07, 6.45) is -3.82. The minimum atomic E-state index is -4.77. The maximum Gasteiger partial charge on any atom is 0.573 e. The fourth-order valence-electron chi connectivity index (χ4n) is 4.72. The number of carbonyl (C=O) groups excluding carboxylic acids is 1. The van der Waals surface area contributed by atoms with Crippen molar-refractivity contribution in [3.63, 3.8) is 0 Å². The Morgan fingerprint density at radius 3 is 2.11 bits per heavy atom. The Hall–Kier alpha value is -3.94. The lowest BCUT2D eigenvalue weighted by Crippen LogP contribution is -2.26. The molecule has 0 saturated carbocycles. The standard InChI is InChI=1S/C27H23F3N2O3/c1-34-19-10-6-16(7-11-19)18-14-23-25(24(33)15-18)26(32-22-5-3-2-4-21(22)31-23)17-8-12-20(13-9-17)35-27(28,29)30/h2-13,18,26,31-32H,14-15H2,1H3. The zero-order valence-corrected chi connectivity index (χ0v) is 18.9. The van der Waals surface area contributed by atoms with Gasteiger partial charge in [0.25, 0.3) is 0 Å². The number of nitrogens with one attached hydrogen (secondary N) is 2. The Kier molecular flexibility index (Phi) is 5.88. The number of halogens is 3. The SMILES string of the molecule is COc1ccc(C2CC(=O)C3=C(C2)Nc2ccccc2NC3c2ccc(OC(F)(F)F)cc2)cc1. The maximum absolute atomic E-state index is 13.5. The van der Waals surface area contributed by atoms with E-state index in [4.69, 9.17) is 4.74 Å². The number of hydrogen-bond acceptors (Lipinski definition) is 5. The first-order chi connectivity index (χ1) is 16.8. The van der Waals surface area contributed by atoms with Crippen molar-refractivity contribution in [1.82, 2.24) is 0 Å². The molecule has 3 aromatic carbocycles. The molecule has 0 radical (unpaired) electrons. The van der Waals surface area contributed by atoms with Crippen LogP contribution in [0.5, 0.6) is 11.5 Å². The highest BCUT2D eigenvalue weighted by Gasteiger charge is 2.36. The number of alkyl halides is 3. The quantitative estimate of drug-likeness (QED) is 0.442. The van der Waals surface area contributed by atoms with Crippen LogP contribution in [-0.2, 0) is 4.79 Å². The summed E-state index contributed by atoms with van der Waals surface area (Å²) in [5, 5.41) is 6.88. The van der Waals surface area contributed by atoms with Crippen molar-refractivity contribution in [1.29, 1.82) is 0 Å². The Morgan fingerprint density at radius 1 is 0.829 bits per heavy atom. The number of allylic oxidation sites excluding steroid dienone is 1. The predicted octanol–water partition coefficient (Wildman–Crippen LogP) is 6.57. The summed E-state index contributed by atoms with van der Waals surface area (Å²) < 4.78 is 47.1. The van der Waals surface area contributed by atoms with E-state index in [0.29, 0.717) is 24.0 Å². The fraction of sp³-hybridized carbons (Fsp3) is 0.222. The van der Waals surface area contributed by atoms with E-state index in [0.717, 1.165) is 28.4 Å². The molecule has 2 unspecified atom stereocenters. The van der Waals surface area contributed by atoms with E-state index >= 15 is 0 Å². The highest BCUT2D eigenvalue weighted by Crippen LogP contribution is 2.44. The van der Waals surface area contributed by atoms with E-state index in [9.17, 15) is 18.0 Å². The van der Waals surface area contributed by atoms with E-state index in [1.807, 2.05) is 48.5 Å². The molecule has 35 heavy (non-hydrogen) atoms. The fourth-order valence-corrected chi connectivity index (χ4v) is 4.72. The van der Waals surface area contributed by atoms with Crippen LogP contribution < -0.4 is 20.1 Å². The van der Waals surface area contributed by atoms with Gasteiger partial charge >= 0.3 is 6.36 Å². The molecule has 2 atom stereocenters. The molecule has 0 aromatic heterocycles. The molecule has 0 amide bonds. The number of anilines is 2. The van der Waals surface area contributed by atoms with Gasteiger partial charge in [0, 0.05) is 17.7 Å². The minimum absolute atomic E-state index is 0.00636. The van der Waals surface area contributed by atoms with Crippen molar-refractivity contribution in [3.05, 3.63) is 95.2 Å². The lowest BCUT2D eigenvalue weighted by molar-refractivity contribution is -0.274. The van der Waals surface area contributed by atoms with Gasteiger partial charge in [0.05, 0.1) is 24.5 Å². The Labute approximate surface area is 200 Å².